The first kappa shape index (κ1) is 19.1. The summed E-state index contributed by atoms with van der Waals surface area (Å²) in [7, 11) is 0.974. The number of rotatable bonds is 8. The van der Waals surface area contributed by atoms with Gasteiger partial charge in [-0.15, -0.1) is 0 Å². The average molecular weight is 348 g/mol. The van der Waals surface area contributed by atoms with Crippen molar-refractivity contribution in [1.82, 2.24) is 9.97 Å². The summed E-state index contributed by atoms with van der Waals surface area (Å²) in [4.78, 5) is 28.1. The molecule has 10 nitrogen and oxygen atoms in total. The molecule has 0 saturated heterocycles. The maximum absolute atomic E-state index is 12.0. The predicted molar refractivity (Wildman–Crippen MR) is 76.8 cm³/mol. The fourth-order valence-corrected chi connectivity index (χ4v) is 3.13. The quantitative estimate of drug-likeness (QED) is 0.417. The molecule has 0 radical (unpaired) electrons. The molecule has 0 aliphatic heterocycles. The SMILES string of the molecule is C[N+](C)(C)[C@@H](Cc1c[nH]c(S(=O)(=O)C[C@H](N)C(=O)O)n1)C(=O)[O-]. The van der Waals surface area contributed by atoms with E-state index < -0.39 is 44.8 Å². The second-order valence-electron chi connectivity index (χ2n) is 6.08. The highest BCUT2D eigenvalue weighted by Gasteiger charge is 2.29. The van der Waals surface area contributed by atoms with E-state index in [9.17, 15) is 23.1 Å². The van der Waals surface area contributed by atoms with Crippen molar-refractivity contribution in [3.63, 3.8) is 0 Å². The Morgan fingerprint density at radius 2 is 2.00 bits per heavy atom. The molecule has 1 rings (SSSR count). The predicted octanol–water partition coefficient (Wildman–Crippen LogP) is -3.04. The van der Waals surface area contributed by atoms with Gasteiger partial charge in [0, 0.05) is 12.6 Å². The average Bonchev–Trinajstić information content (AvgIpc) is 2.82. The Bertz CT molecular complexity index is 691. The van der Waals surface area contributed by atoms with E-state index in [1.54, 1.807) is 21.1 Å². The van der Waals surface area contributed by atoms with Crippen molar-refractivity contribution in [3.8, 4) is 0 Å². The van der Waals surface area contributed by atoms with Gasteiger partial charge in [0.05, 0.1) is 38.6 Å². The van der Waals surface area contributed by atoms with Crippen LogP contribution in [0.3, 0.4) is 0 Å². The van der Waals surface area contributed by atoms with Gasteiger partial charge in [-0.25, -0.2) is 13.4 Å². The van der Waals surface area contributed by atoms with E-state index >= 15 is 0 Å². The number of sulfone groups is 1. The van der Waals surface area contributed by atoms with Crippen molar-refractivity contribution in [2.75, 3.05) is 26.9 Å². The number of H-pyrrole nitrogens is 1. The molecule has 0 aliphatic carbocycles. The Morgan fingerprint density at radius 1 is 1.43 bits per heavy atom. The van der Waals surface area contributed by atoms with Gasteiger partial charge in [0.2, 0.25) is 15.0 Å². The van der Waals surface area contributed by atoms with Crippen LogP contribution in [-0.4, -0.2) is 78.9 Å². The zero-order valence-electron chi connectivity index (χ0n) is 13.0. The number of aromatic nitrogens is 2. The molecule has 0 aromatic carbocycles. The number of carbonyl (C=O) groups excluding carboxylic acids is 1. The zero-order valence-corrected chi connectivity index (χ0v) is 13.8. The third kappa shape index (κ3) is 5.01. The summed E-state index contributed by atoms with van der Waals surface area (Å²) in [6.07, 6.45) is 1.23. The standard InChI is InChI=1S/C12H20N4O6S/c1-16(2,3)9(11(19)20)4-7-5-14-12(15-7)23(21,22)6-8(13)10(17)18/h5,8-9H,4,6,13H2,1-3H3,(H2-,14,15,17,18,19,20)/t8-,9-/m0/s1. The number of nitrogens with one attached hydrogen (secondary N) is 1. The van der Waals surface area contributed by atoms with Crippen molar-refractivity contribution >= 4 is 21.8 Å². The van der Waals surface area contributed by atoms with Crippen LogP contribution in [0.2, 0.25) is 0 Å². The monoisotopic (exact) mass is 348 g/mol. The van der Waals surface area contributed by atoms with Gasteiger partial charge in [-0.05, 0) is 0 Å². The summed E-state index contributed by atoms with van der Waals surface area (Å²) in [6, 6.07) is -2.49. The van der Waals surface area contributed by atoms with E-state index in [2.05, 4.69) is 9.97 Å². The molecule has 0 unspecified atom stereocenters. The highest BCUT2D eigenvalue weighted by Crippen LogP contribution is 2.13. The summed E-state index contributed by atoms with van der Waals surface area (Å²) in [5, 5.41) is 19.4. The van der Waals surface area contributed by atoms with Crippen LogP contribution < -0.4 is 10.8 Å². The number of nitrogens with zero attached hydrogens (tertiary/aromatic N) is 2. The van der Waals surface area contributed by atoms with E-state index in [-0.39, 0.29) is 16.6 Å². The van der Waals surface area contributed by atoms with Crippen molar-refractivity contribution in [3.05, 3.63) is 11.9 Å². The molecule has 4 N–H and O–H groups in total. The van der Waals surface area contributed by atoms with Gasteiger partial charge in [0.15, 0.2) is 0 Å². The second kappa shape index (κ2) is 6.64. The Hall–Kier alpha value is -1.98. The molecule has 0 bridgehead atoms. The molecule has 1 heterocycles. The zero-order chi connectivity index (χ0) is 18.0. The van der Waals surface area contributed by atoms with Crippen LogP contribution in [0, 0.1) is 0 Å². The van der Waals surface area contributed by atoms with Gasteiger partial charge in [-0.1, -0.05) is 0 Å². The Balaban J connectivity index is 2.97. The first-order valence-corrected chi connectivity index (χ1v) is 8.27. The lowest BCUT2D eigenvalue weighted by Gasteiger charge is -2.34. The van der Waals surface area contributed by atoms with E-state index in [0.717, 1.165) is 0 Å². The third-order valence-electron chi connectivity index (χ3n) is 3.23. The van der Waals surface area contributed by atoms with Crippen LogP contribution >= 0.6 is 0 Å². The Morgan fingerprint density at radius 3 is 2.43 bits per heavy atom. The lowest BCUT2D eigenvalue weighted by Crippen LogP contribution is -2.55. The molecule has 1 aromatic heterocycles. The van der Waals surface area contributed by atoms with Crippen LogP contribution in [-0.2, 0) is 25.8 Å². The third-order valence-corrected chi connectivity index (χ3v) is 4.82. The van der Waals surface area contributed by atoms with E-state index in [1.165, 1.54) is 6.20 Å². The van der Waals surface area contributed by atoms with Crippen LogP contribution in [0.4, 0.5) is 0 Å². The first-order chi connectivity index (χ1) is 10.3. The van der Waals surface area contributed by atoms with Crippen molar-refractivity contribution in [2.45, 2.75) is 23.7 Å². The number of quaternary nitrogens is 1. The van der Waals surface area contributed by atoms with Crippen LogP contribution in [0.1, 0.15) is 5.69 Å². The molecule has 0 saturated carbocycles. The van der Waals surface area contributed by atoms with Gasteiger partial charge in [-0.2, -0.15) is 0 Å². The minimum absolute atomic E-state index is 0.0389. The number of nitrogens with two attached hydrogens (primary N) is 1. The van der Waals surface area contributed by atoms with Crippen LogP contribution in [0.15, 0.2) is 11.4 Å². The second-order valence-corrected chi connectivity index (χ2v) is 8.03. The highest BCUT2D eigenvalue weighted by atomic mass is 32.2. The number of aromatic amines is 1. The molecule has 1 aromatic rings. The first-order valence-electron chi connectivity index (χ1n) is 6.62. The van der Waals surface area contributed by atoms with E-state index in [4.69, 9.17) is 10.8 Å². The molecular formula is C12H20N4O6S. The van der Waals surface area contributed by atoms with Gasteiger partial charge in [-0.3, -0.25) is 4.79 Å². The minimum atomic E-state index is -4.02. The van der Waals surface area contributed by atoms with Gasteiger partial charge < -0.3 is 30.2 Å². The molecule has 11 heteroatoms. The lowest BCUT2D eigenvalue weighted by molar-refractivity contribution is -0.889. The highest BCUT2D eigenvalue weighted by molar-refractivity contribution is 7.91. The summed E-state index contributed by atoms with van der Waals surface area (Å²) in [6.45, 7) is 0. The number of aliphatic carboxylic acids is 2. The molecule has 0 aliphatic rings. The lowest BCUT2D eigenvalue weighted by atomic mass is 10.1. The molecule has 0 amide bonds. The number of carboxylic acids is 2. The largest absolute Gasteiger partial charge is 0.544 e. The number of carbonyl (C=O) groups is 2. The summed E-state index contributed by atoms with van der Waals surface area (Å²) >= 11 is 0. The Labute approximate surface area is 133 Å². The maximum atomic E-state index is 12.0. The number of carboxylic acid groups (broad SMARTS) is 2. The fraction of sp³-hybridized carbons (Fsp3) is 0.583. The number of hydrogen-bond acceptors (Lipinski definition) is 7. The van der Waals surface area contributed by atoms with Crippen molar-refractivity contribution < 1.29 is 32.7 Å². The van der Waals surface area contributed by atoms with Gasteiger partial charge >= 0.3 is 5.97 Å². The topological polar surface area (TPSA) is 166 Å². The molecule has 0 fully saturated rings. The maximum Gasteiger partial charge on any atom is 0.321 e. The molecule has 2 atom stereocenters. The summed E-state index contributed by atoms with van der Waals surface area (Å²) < 4.78 is 24.1. The normalized spacial score (nSPS) is 15.1. The molecule has 23 heavy (non-hydrogen) atoms. The summed E-state index contributed by atoms with van der Waals surface area (Å²) in [5.74, 6) is -3.53. The molecule has 0 spiro atoms. The minimum Gasteiger partial charge on any atom is -0.544 e. The van der Waals surface area contributed by atoms with Gasteiger partial charge in [0.25, 0.3) is 0 Å². The summed E-state index contributed by atoms with van der Waals surface area (Å²) in [5.41, 5.74) is 5.43. The van der Waals surface area contributed by atoms with Gasteiger partial charge in [0.1, 0.15) is 12.1 Å². The van der Waals surface area contributed by atoms with Crippen LogP contribution in [0.25, 0.3) is 0 Å². The number of likely N-dealkylation sites (N-methyl/N-ethyl adjacent to an activating group) is 1. The smallest absolute Gasteiger partial charge is 0.321 e. The molecular weight excluding hydrogens is 328 g/mol. The molecule has 130 valence electrons. The number of hydrogen-bond donors (Lipinski definition) is 3. The Kier molecular flexibility index (Phi) is 5.51. The van der Waals surface area contributed by atoms with E-state index in [0.29, 0.717) is 0 Å². The van der Waals surface area contributed by atoms with Crippen molar-refractivity contribution in [1.29, 1.82) is 0 Å². The fourth-order valence-electron chi connectivity index (χ4n) is 1.86. The van der Waals surface area contributed by atoms with Crippen molar-refractivity contribution in [2.24, 2.45) is 5.73 Å². The van der Waals surface area contributed by atoms with Crippen LogP contribution in [0.5, 0.6) is 0 Å². The number of imidazole rings is 1. The van der Waals surface area contributed by atoms with E-state index in [1.807, 2.05) is 0 Å².